The van der Waals surface area contributed by atoms with Crippen LogP contribution in [-0.2, 0) is 0 Å². The van der Waals surface area contributed by atoms with E-state index in [9.17, 15) is 8.78 Å². The number of hydrogen-bond donors (Lipinski definition) is 1. The van der Waals surface area contributed by atoms with Gasteiger partial charge in [-0.05, 0) is 5.92 Å². The van der Waals surface area contributed by atoms with E-state index in [1.54, 1.807) is 4.90 Å². The minimum absolute atomic E-state index is 0.0243. The topological polar surface area (TPSA) is 42.2 Å². The van der Waals surface area contributed by atoms with E-state index in [1.807, 2.05) is 6.92 Å². The van der Waals surface area contributed by atoms with Crippen LogP contribution in [0.25, 0.3) is 0 Å². The van der Waals surface area contributed by atoms with Crippen molar-refractivity contribution in [2.75, 3.05) is 18.0 Å². The van der Waals surface area contributed by atoms with Crippen molar-refractivity contribution in [3.8, 4) is 0 Å². The number of halogens is 2. The Labute approximate surface area is 86.9 Å². The summed E-state index contributed by atoms with van der Waals surface area (Å²) in [5, 5.41) is 0. The molecule has 1 fully saturated rings. The molecule has 5 heteroatoms. The Morgan fingerprint density at radius 2 is 2.20 bits per heavy atom. The quantitative estimate of drug-likeness (QED) is 0.760. The first-order valence-corrected chi connectivity index (χ1v) is 4.89. The Kier molecular flexibility index (Phi) is 2.56. The van der Waals surface area contributed by atoms with Gasteiger partial charge in [-0.25, -0.2) is 13.8 Å². The van der Waals surface area contributed by atoms with Crippen molar-refractivity contribution in [3.05, 3.63) is 23.9 Å². The second-order valence-corrected chi connectivity index (χ2v) is 4.01. The molecule has 0 bridgehead atoms. The molecule has 1 aliphatic heterocycles. The van der Waals surface area contributed by atoms with Crippen LogP contribution in [-0.4, -0.2) is 24.1 Å². The highest BCUT2D eigenvalue weighted by Crippen LogP contribution is 2.23. The Hall–Kier alpha value is -1.23. The van der Waals surface area contributed by atoms with E-state index in [-0.39, 0.29) is 11.9 Å². The smallest absolute Gasteiger partial charge is 0.168 e. The largest absolute Gasteiger partial charge is 0.352 e. The lowest BCUT2D eigenvalue weighted by atomic mass is 10.1. The zero-order chi connectivity index (χ0) is 11.0. The molecule has 15 heavy (non-hydrogen) atoms. The molecule has 82 valence electrons. The number of rotatable bonds is 1. The van der Waals surface area contributed by atoms with Crippen LogP contribution in [0.15, 0.2) is 12.3 Å². The van der Waals surface area contributed by atoms with Gasteiger partial charge in [0.05, 0.1) is 6.20 Å². The highest BCUT2D eigenvalue weighted by atomic mass is 19.1. The van der Waals surface area contributed by atoms with Crippen LogP contribution in [0.1, 0.15) is 6.92 Å². The predicted octanol–water partition coefficient (Wildman–Crippen LogP) is 1.14. The molecule has 2 N–H and O–H groups in total. The second-order valence-electron chi connectivity index (χ2n) is 4.01. The molecule has 3 nitrogen and oxygen atoms in total. The molecule has 0 radical (unpaired) electrons. The maximum Gasteiger partial charge on any atom is 0.168 e. The molecule has 0 amide bonds. The van der Waals surface area contributed by atoms with Crippen LogP contribution < -0.4 is 10.6 Å². The van der Waals surface area contributed by atoms with Gasteiger partial charge in [0.1, 0.15) is 5.82 Å². The first kappa shape index (κ1) is 10.3. The molecule has 2 heterocycles. The van der Waals surface area contributed by atoms with Gasteiger partial charge in [0.2, 0.25) is 0 Å². The molecular weight excluding hydrogens is 200 g/mol. The number of nitrogens with two attached hydrogens (primary N) is 1. The fourth-order valence-corrected chi connectivity index (χ4v) is 1.80. The molecule has 1 aromatic heterocycles. The van der Waals surface area contributed by atoms with Gasteiger partial charge in [0.15, 0.2) is 11.6 Å². The average molecular weight is 213 g/mol. The Morgan fingerprint density at radius 1 is 1.47 bits per heavy atom. The van der Waals surface area contributed by atoms with Crippen molar-refractivity contribution in [1.29, 1.82) is 0 Å². The van der Waals surface area contributed by atoms with Gasteiger partial charge in [0, 0.05) is 25.2 Å². The highest BCUT2D eigenvalue weighted by Gasteiger charge is 2.28. The van der Waals surface area contributed by atoms with Gasteiger partial charge in [-0.1, -0.05) is 6.92 Å². The SMILES string of the molecule is CC1CN(c2ncc(F)cc2F)CC1N. The Morgan fingerprint density at radius 3 is 2.73 bits per heavy atom. The van der Waals surface area contributed by atoms with Gasteiger partial charge < -0.3 is 10.6 Å². The van der Waals surface area contributed by atoms with Gasteiger partial charge in [-0.2, -0.15) is 0 Å². The van der Waals surface area contributed by atoms with Crippen LogP contribution >= 0.6 is 0 Å². The minimum atomic E-state index is -0.659. The summed E-state index contributed by atoms with van der Waals surface area (Å²) < 4.78 is 26.0. The van der Waals surface area contributed by atoms with Crippen LogP contribution in [0.5, 0.6) is 0 Å². The summed E-state index contributed by atoms with van der Waals surface area (Å²) in [6.07, 6.45) is 1.02. The molecule has 2 atom stereocenters. The van der Waals surface area contributed by atoms with Crippen LogP contribution in [0, 0.1) is 17.6 Å². The van der Waals surface area contributed by atoms with Gasteiger partial charge in [-0.15, -0.1) is 0 Å². The zero-order valence-corrected chi connectivity index (χ0v) is 8.45. The number of pyridine rings is 1. The summed E-state index contributed by atoms with van der Waals surface area (Å²) in [6.45, 7) is 3.24. The predicted molar refractivity (Wildman–Crippen MR) is 53.5 cm³/mol. The van der Waals surface area contributed by atoms with Gasteiger partial charge in [-0.3, -0.25) is 0 Å². The van der Waals surface area contributed by atoms with Crippen molar-refractivity contribution in [2.45, 2.75) is 13.0 Å². The molecule has 1 saturated heterocycles. The summed E-state index contributed by atoms with van der Waals surface area (Å²) in [5.41, 5.74) is 5.82. The number of anilines is 1. The summed E-state index contributed by atoms with van der Waals surface area (Å²) in [7, 11) is 0. The van der Waals surface area contributed by atoms with Crippen LogP contribution in [0.3, 0.4) is 0 Å². The molecule has 2 unspecified atom stereocenters. The van der Waals surface area contributed by atoms with Crippen molar-refractivity contribution >= 4 is 5.82 Å². The van der Waals surface area contributed by atoms with E-state index in [1.165, 1.54) is 0 Å². The van der Waals surface area contributed by atoms with Crippen molar-refractivity contribution in [3.63, 3.8) is 0 Å². The maximum absolute atomic E-state index is 13.4. The number of hydrogen-bond acceptors (Lipinski definition) is 3. The summed E-state index contributed by atoms with van der Waals surface area (Å²) in [4.78, 5) is 5.50. The maximum atomic E-state index is 13.4. The van der Waals surface area contributed by atoms with Crippen LogP contribution in [0.4, 0.5) is 14.6 Å². The molecule has 1 aromatic rings. The van der Waals surface area contributed by atoms with Gasteiger partial charge >= 0.3 is 0 Å². The minimum Gasteiger partial charge on any atom is -0.352 e. The average Bonchev–Trinajstić information content (AvgIpc) is 2.46. The lowest BCUT2D eigenvalue weighted by Crippen LogP contribution is -2.29. The Bertz CT molecular complexity index is 360. The van der Waals surface area contributed by atoms with Crippen LogP contribution in [0.2, 0.25) is 0 Å². The number of aromatic nitrogens is 1. The highest BCUT2D eigenvalue weighted by molar-refractivity contribution is 5.41. The van der Waals surface area contributed by atoms with E-state index in [2.05, 4.69) is 4.98 Å². The van der Waals surface area contributed by atoms with Crippen molar-refractivity contribution in [1.82, 2.24) is 4.98 Å². The summed E-state index contributed by atoms with van der Waals surface area (Å²) in [6, 6.07) is 0.868. The third-order valence-corrected chi connectivity index (χ3v) is 2.76. The molecule has 0 spiro atoms. The standard InChI is InChI=1S/C10H13F2N3/c1-6-4-15(5-9(6)13)10-8(12)2-7(11)3-14-10/h2-3,6,9H,4-5,13H2,1H3. The number of nitrogens with zero attached hydrogens (tertiary/aromatic N) is 2. The summed E-state index contributed by atoms with van der Waals surface area (Å²) >= 11 is 0. The lowest BCUT2D eigenvalue weighted by molar-refractivity contribution is 0.563. The molecular formula is C10H13F2N3. The molecule has 0 aromatic carbocycles. The first-order valence-electron chi connectivity index (χ1n) is 4.89. The third kappa shape index (κ3) is 1.92. The van der Waals surface area contributed by atoms with Crippen molar-refractivity contribution in [2.24, 2.45) is 11.7 Å². The second kappa shape index (κ2) is 3.73. The monoisotopic (exact) mass is 213 g/mol. The molecule has 1 aliphatic rings. The van der Waals surface area contributed by atoms with E-state index < -0.39 is 11.6 Å². The van der Waals surface area contributed by atoms with Crippen molar-refractivity contribution < 1.29 is 8.78 Å². The van der Waals surface area contributed by atoms with E-state index >= 15 is 0 Å². The van der Waals surface area contributed by atoms with Gasteiger partial charge in [0.25, 0.3) is 0 Å². The van der Waals surface area contributed by atoms with E-state index in [4.69, 9.17) is 5.73 Å². The lowest BCUT2D eigenvalue weighted by Gasteiger charge is -2.17. The Balaban J connectivity index is 2.24. The zero-order valence-electron chi connectivity index (χ0n) is 8.45. The van der Waals surface area contributed by atoms with E-state index in [0.29, 0.717) is 19.0 Å². The summed E-state index contributed by atoms with van der Waals surface area (Å²) in [5.74, 6) is -0.795. The first-order chi connectivity index (χ1) is 7.08. The molecule has 0 aliphatic carbocycles. The third-order valence-electron chi connectivity index (χ3n) is 2.76. The normalized spacial score (nSPS) is 26.0. The van der Waals surface area contributed by atoms with E-state index in [0.717, 1.165) is 12.3 Å². The molecule has 0 saturated carbocycles. The fourth-order valence-electron chi connectivity index (χ4n) is 1.80. The molecule has 2 rings (SSSR count). The fraction of sp³-hybridized carbons (Fsp3) is 0.500.